The van der Waals surface area contributed by atoms with Gasteiger partial charge in [-0.25, -0.2) is 13.6 Å². The van der Waals surface area contributed by atoms with E-state index in [4.69, 9.17) is 15.2 Å². The highest BCUT2D eigenvalue weighted by atomic mass is 19.1. The van der Waals surface area contributed by atoms with Crippen LogP contribution in [0.1, 0.15) is 24.2 Å². The summed E-state index contributed by atoms with van der Waals surface area (Å²) in [6.07, 6.45) is -0.554. The van der Waals surface area contributed by atoms with E-state index in [-0.39, 0.29) is 6.61 Å². The number of halogens is 2. The Morgan fingerprint density at radius 3 is 2.72 bits per heavy atom. The van der Waals surface area contributed by atoms with Crippen LogP contribution in [-0.2, 0) is 9.47 Å². The Hall–Kier alpha value is -1.69. The molecule has 100 valence electrons. The summed E-state index contributed by atoms with van der Waals surface area (Å²) >= 11 is 0. The average molecular weight is 259 g/mol. The number of benzene rings is 1. The van der Waals surface area contributed by atoms with Gasteiger partial charge in [-0.3, -0.25) is 0 Å². The number of rotatable bonds is 5. The molecule has 2 N–H and O–H groups in total. The summed E-state index contributed by atoms with van der Waals surface area (Å²) in [5.41, 5.74) is 4.27. The van der Waals surface area contributed by atoms with Crippen LogP contribution >= 0.6 is 0 Å². The molecule has 0 saturated heterocycles. The minimum Gasteiger partial charge on any atom is -0.457 e. The molecule has 1 aromatic carbocycles. The van der Waals surface area contributed by atoms with Crippen molar-refractivity contribution in [3.8, 4) is 0 Å². The molecule has 0 radical (unpaired) electrons. The van der Waals surface area contributed by atoms with Crippen molar-refractivity contribution in [3.05, 3.63) is 29.3 Å². The van der Waals surface area contributed by atoms with Gasteiger partial charge in [0.2, 0.25) is 0 Å². The average Bonchev–Trinajstić information content (AvgIpc) is 2.30. The molecular weight excluding hydrogens is 244 g/mol. The summed E-state index contributed by atoms with van der Waals surface area (Å²) in [5.74, 6) is -2.74. The molecule has 0 spiro atoms. The molecule has 0 saturated carbocycles. The van der Waals surface area contributed by atoms with E-state index in [0.29, 0.717) is 6.61 Å². The fourth-order valence-electron chi connectivity index (χ4n) is 1.32. The van der Waals surface area contributed by atoms with Crippen LogP contribution in [0.2, 0.25) is 0 Å². The van der Waals surface area contributed by atoms with Gasteiger partial charge in [0.1, 0.15) is 17.5 Å². The van der Waals surface area contributed by atoms with Crippen molar-refractivity contribution in [2.75, 3.05) is 18.9 Å². The topological polar surface area (TPSA) is 61.5 Å². The van der Waals surface area contributed by atoms with Gasteiger partial charge in [0.05, 0.1) is 12.3 Å². The Kier molecular flexibility index (Phi) is 5.03. The molecule has 18 heavy (non-hydrogen) atoms. The molecule has 1 aromatic rings. The van der Waals surface area contributed by atoms with Crippen molar-refractivity contribution in [2.24, 2.45) is 0 Å². The van der Waals surface area contributed by atoms with Gasteiger partial charge in [0, 0.05) is 6.61 Å². The molecule has 0 heterocycles. The highest BCUT2D eigenvalue weighted by Crippen LogP contribution is 2.18. The molecule has 1 unspecified atom stereocenters. The number of nitrogens with two attached hydrogens (primary N) is 1. The van der Waals surface area contributed by atoms with Crippen molar-refractivity contribution in [1.82, 2.24) is 0 Å². The molecule has 0 fully saturated rings. The van der Waals surface area contributed by atoms with Crippen molar-refractivity contribution >= 4 is 11.7 Å². The molecule has 6 heteroatoms. The van der Waals surface area contributed by atoms with E-state index < -0.39 is 35.0 Å². The highest BCUT2D eigenvalue weighted by Gasteiger charge is 2.19. The van der Waals surface area contributed by atoms with Crippen molar-refractivity contribution in [1.29, 1.82) is 0 Å². The largest absolute Gasteiger partial charge is 0.457 e. The number of carbonyl (C=O) groups excluding carboxylic acids is 1. The molecule has 0 amide bonds. The van der Waals surface area contributed by atoms with Gasteiger partial charge < -0.3 is 15.2 Å². The molecule has 1 atom stereocenters. The monoisotopic (exact) mass is 259 g/mol. The van der Waals surface area contributed by atoms with Gasteiger partial charge in [-0.05, 0) is 26.0 Å². The van der Waals surface area contributed by atoms with Crippen LogP contribution in [0.4, 0.5) is 14.5 Å². The number of carbonyl (C=O) groups is 1. The minimum atomic E-state index is -0.981. The van der Waals surface area contributed by atoms with Gasteiger partial charge in [-0.2, -0.15) is 0 Å². The standard InChI is InChI=1S/C12H15F2NO3/c1-3-17-6-7(2)18-12(16)9-4-8(13)5-10(15)11(9)14/h4-5,7H,3,6,15H2,1-2H3. The molecular formula is C12H15F2NO3. The maximum absolute atomic E-state index is 13.5. The van der Waals surface area contributed by atoms with E-state index in [9.17, 15) is 13.6 Å². The summed E-state index contributed by atoms with van der Waals surface area (Å²) in [4.78, 5) is 11.6. The molecule has 0 aliphatic rings. The SMILES string of the molecule is CCOCC(C)OC(=O)c1cc(F)cc(N)c1F. The second-order valence-electron chi connectivity index (χ2n) is 3.73. The summed E-state index contributed by atoms with van der Waals surface area (Å²) in [5, 5.41) is 0. The molecule has 0 aliphatic carbocycles. The zero-order valence-corrected chi connectivity index (χ0v) is 10.2. The lowest BCUT2D eigenvalue weighted by Crippen LogP contribution is -2.21. The Bertz CT molecular complexity index is 438. The number of nitrogen functional groups attached to an aromatic ring is 1. The van der Waals surface area contributed by atoms with Crippen molar-refractivity contribution in [2.45, 2.75) is 20.0 Å². The Morgan fingerprint density at radius 1 is 1.44 bits per heavy atom. The van der Waals surface area contributed by atoms with E-state index >= 15 is 0 Å². The molecule has 0 bridgehead atoms. The zero-order valence-electron chi connectivity index (χ0n) is 10.2. The maximum Gasteiger partial charge on any atom is 0.341 e. The quantitative estimate of drug-likeness (QED) is 0.650. The number of hydrogen-bond acceptors (Lipinski definition) is 4. The number of ether oxygens (including phenoxy) is 2. The Morgan fingerprint density at radius 2 is 2.11 bits per heavy atom. The fourth-order valence-corrected chi connectivity index (χ4v) is 1.32. The molecule has 0 aliphatic heterocycles. The third kappa shape index (κ3) is 3.66. The first-order valence-corrected chi connectivity index (χ1v) is 5.49. The second-order valence-corrected chi connectivity index (χ2v) is 3.73. The summed E-state index contributed by atoms with van der Waals surface area (Å²) < 4.78 is 36.5. The van der Waals surface area contributed by atoms with Crippen molar-refractivity contribution in [3.63, 3.8) is 0 Å². The van der Waals surface area contributed by atoms with Crippen LogP contribution in [0.5, 0.6) is 0 Å². The smallest absolute Gasteiger partial charge is 0.341 e. The predicted molar refractivity (Wildman–Crippen MR) is 62.1 cm³/mol. The minimum absolute atomic E-state index is 0.189. The van der Waals surface area contributed by atoms with E-state index in [2.05, 4.69) is 0 Å². The first-order chi connectivity index (χ1) is 8.45. The van der Waals surface area contributed by atoms with Gasteiger partial charge in [0.15, 0.2) is 5.82 Å². The summed E-state index contributed by atoms with van der Waals surface area (Å²) in [6, 6.07) is 1.55. The third-order valence-corrected chi connectivity index (χ3v) is 2.15. The number of esters is 1. The van der Waals surface area contributed by atoms with E-state index in [1.165, 1.54) is 0 Å². The number of hydrogen-bond donors (Lipinski definition) is 1. The Balaban J connectivity index is 2.78. The molecule has 1 rings (SSSR count). The summed E-state index contributed by atoms with van der Waals surface area (Å²) in [6.45, 7) is 4.05. The zero-order chi connectivity index (χ0) is 13.7. The predicted octanol–water partition coefficient (Wildman–Crippen LogP) is 2.13. The fraction of sp³-hybridized carbons (Fsp3) is 0.417. The highest BCUT2D eigenvalue weighted by molar-refractivity contribution is 5.91. The third-order valence-electron chi connectivity index (χ3n) is 2.15. The first kappa shape index (κ1) is 14.4. The first-order valence-electron chi connectivity index (χ1n) is 5.49. The van der Waals surface area contributed by atoms with Crippen LogP contribution in [0.15, 0.2) is 12.1 Å². The second kappa shape index (κ2) is 6.30. The van der Waals surface area contributed by atoms with Gasteiger partial charge in [-0.15, -0.1) is 0 Å². The van der Waals surface area contributed by atoms with E-state index in [1.807, 2.05) is 0 Å². The van der Waals surface area contributed by atoms with Crippen LogP contribution in [0.25, 0.3) is 0 Å². The Labute approximate surface area is 104 Å². The molecule has 0 aromatic heterocycles. The van der Waals surface area contributed by atoms with Gasteiger partial charge >= 0.3 is 5.97 Å². The van der Waals surface area contributed by atoms with Gasteiger partial charge in [0.25, 0.3) is 0 Å². The lowest BCUT2D eigenvalue weighted by molar-refractivity contribution is 0.00398. The van der Waals surface area contributed by atoms with Crippen LogP contribution in [-0.4, -0.2) is 25.3 Å². The summed E-state index contributed by atoms with van der Waals surface area (Å²) in [7, 11) is 0. The van der Waals surface area contributed by atoms with E-state index in [1.54, 1.807) is 13.8 Å². The van der Waals surface area contributed by atoms with Crippen molar-refractivity contribution < 1.29 is 23.0 Å². The van der Waals surface area contributed by atoms with E-state index in [0.717, 1.165) is 12.1 Å². The molecule has 4 nitrogen and oxygen atoms in total. The van der Waals surface area contributed by atoms with Gasteiger partial charge in [-0.1, -0.05) is 0 Å². The number of anilines is 1. The van der Waals surface area contributed by atoms with Crippen LogP contribution < -0.4 is 5.73 Å². The maximum atomic E-state index is 13.5. The lowest BCUT2D eigenvalue weighted by Gasteiger charge is -2.13. The van der Waals surface area contributed by atoms with Crippen LogP contribution in [0, 0.1) is 11.6 Å². The van der Waals surface area contributed by atoms with Crippen LogP contribution in [0.3, 0.4) is 0 Å². The lowest BCUT2D eigenvalue weighted by atomic mass is 10.2. The normalized spacial score (nSPS) is 12.2.